The first-order chi connectivity index (χ1) is 10.7. The molecule has 3 rings (SSSR count). The fourth-order valence-electron chi connectivity index (χ4n) is 3.76. The minimum absolute atomic E-state index is 0.180. The molecule has 0 aromatic carbocycles. The number of carbonyl (C=O) groups excluding carboxylic acids is 2. The van der Waals surface area contributed by atoms with Gasteiger partial charge in [0.05, 0.1) is 11.2 Å². The van der Waals surface area contributed by atoms with Crippen molar-refractivity contribution in [1.82, 2.24) is 14.5 Å². The Balaban J connectivity index is 1.78. The van der Waals surface area contributed by atoms with Crippen LogP contribution in [-0.4, -0.2) is 60.6 Å². The van der Waals surface area contributed by atoms with Gasteiger partial charge in [0, 0.05) is 25.2 Å². The monoisotopic (exact) mass is 343 g/mol. The lowest BCUT2D eigenvalue weighted by Gasteiger charge is -2.46. The van der Waals surface area contributed by atoms with Crippen LogP contribution in [0.15, 0.2) is 0 Å². The molecule has 1 N–H and O–H groups in total. The molecule has 3 unspecified atom stereocenters. The molecular formula is C15H25N3O4S. The largest absolute Gasteiger partial charge is 0.326 e. The maximum absolute atomic E-state index is 12.6. The van der Waals surface area contributed by atoms with Crippen molar-refractivity contribution in [3.05, 3.63) is 0 Å². The number of nitrogens with zero attached hydrogens (tertiary/aromatic N) is 2. The molecule has 2 aliphatic carbocycles. The zero-order valence-electron chi connectivity index (χ0n) is 13.9. The van der Waals surface area contributed by atoms with Gasteiger partial charge in [-0.25, -0.2) is 17.9 Å². The summed E-state index contributed by atoms with van der Waals surface area (Å²) in [7, 11) is -1.73. The first-order valence-corrected chi connectivity index (χ1v) is 9.84. The van der Waals surface area contributed by atoms with Gasteiger partial charge >= 0.3 is 6.03 Å². The number of carbonyl (C=O) groups is 2. The van der Waals surface area contributed by atoms with E-state index in [1.807, 2.05) is 6.92 Å². The molecular weight excluding hydrogens is 318 g/mol. The van der Waals surface area contributed by atoms with Crippen molar-refractivity contribution in [2.75, 3.05) is 13.6 Å². The van der Waals surface area contributed by atoms with Crippen LogP contribution in [0.5, 0.6) is 0 Å². The summed E-state index contributed by atoms with van der Waals surface area (Å²) in [6, 6.07) is -0.454. The quantitative estimate of drug-likeness (QED) is 0.822. The second-order valence-corrected chi connectivity index (χ2v) is 9.25. The molecule has 3 atom stereocenters. The lowest BCUT2D eigenvalue weighted by atomic mass is 9.81. The van der Waals surface area contributed by atoms with E-state index in [1.54, 1.807) is 18.9 Å². The van der Waals surface area contributed by atoms with Crippen LogP contribution in [-0.2, 0) is 14.8 Å². The van der Waals surface area contributed by atoms with Crippen LogP contribution < -0.4 is 4.72 Å². The van der Waals surface area contributed by atoms with Crippen LogP contribution in [0.25, 0.3) is 0 Å². The van der Waals surface area contributed by atoms with E-state index in [0.29, 0.717) is 25.8 Å². The molecule has 8 heteroatoms. The number of nitrogens with one attached hydrogen (secondary N) is 1. The summed E-state index contributed by atoms with van der Waals surface area (Å²) < 4.78 is 28.0. The van der Waals surface area contributed by atoms with Crippen molar-refractivity contribution >= 4 is 22.0 Å². The van der Waals surface area contributed by atoms with Gasteiger partial charge in [0.25, 0.3) is 0 Å². The third-order valence-electron chi connectivity index (χ3n) is 5.52. The zero-order chi connectivity index (χ0) is 17.0. The molecule has 130 valence electrons. The van der Waals surface area contributed by atoms with Crippen molar-refractivity contribution in [2.24, 2.45) is 5.92 Å². The van der Waals surface area contributed by atoms with E-state index in [1.165, 1.54) is 4.90 Å². The molecule has 0 radical (unpaired) electrons. The van der Waals surface area contributed by atoms with Gasteiger partial charge in [-0.15, -0.1) is 0 Å². The van der Waals surface area contributed by atoms with Crippen molar-refractivity contribution in [3.63, 3.8) is 0 Å². The predicted molar refractivity (Wildman–Crippen MR) is 85.2 cm³/mol. The molecule has 23 heavy (non-hydrogen) atoms. The third-order valence-corrected chi connectivity index (χ3v) is 7.61. The first-order valence-electron chi connectivity index (χ1n) is 8.29. The third kappa shape index (κ3) is 2.87. The smallest absolute Gasteiger partial charge is 0.324 e. The Morgan fingerprint density at radius 3 is 2.48 bits per heavy atom. The van der Waals surface area contributed by atoms with Gasteiger partial charge in [-0.05, 0) is 46.0 Å². The highest BCUT2D eigenvalue weighted by Gasteiger charge is 2.50. The van der Waals surface area contributed by atoms with E-state index < -0.39 is 21.2 Å². The van der Waals surface area contributed by atoms with Gasteiger partial charge in [-0.1, -0.05) is 0 Å². The Labute approximate surface area is 137 Å². The van der Waals surface area contributed by atoms with E-state index >= 15 is 0 Å². The Hall–Kier alpha value is -1.15. The Kier molecular flexibility index (Phi) is 3.95. The summed E-state index contributed by atoms with van der Waals surface area (Å²) in [6.45, 7) is 3.99. The number of hydrogen-bond acceptors (Lipinski definition) is 4. The topological polar surface area (TPSA) is 86.8 Å². The second kappa shape index (κ2) is 5.44. The molecule has 1 aliphatic heterocycles. The minimum Gasteiger partial charge on any atom is -0.324 e. The number of imide groups is 1. The molecule has 0 aromatic rings. The van der Waals surface area contributed by atoms with E-state index in [4.69, 9.17) is 0 Å². The SMILES string of the molecule is CCN1C(=O)C2CC(S(=O)(=O)NC3(C)CC3)CCC2N(C)C1=O. The van der Waals surface area contributed by atoms with E-state index in [-0.39, 0.29) is 23.5 Å². The average molecular weight is 343 g/mol. The Bertz CT molecular complexity index is 629. The molecule has 0 spiro atoms. The predicted octanol–water partition coefficient (Wildman–Crippen LogP) is 0.909. The first kappa shape index (κ1) is 16.7. The van der Waals surface area contributed by atoms with Crippen LogP contribution in [0.1, 0.15) is 46.0 Å². The molecule has 2 saturated carbocycles. The summed E-state index contributed by atoms with van der Waals surface area (Å²) >= 11 is 0. The van der Waals surface area contributed by atoms with E-state index in [9.17, 15) is 18.0 Å². The summed E-state index contributed by atoms with van der Waals surface area (Å²) in [5.41, 5.74) is -0.297. The maximum atomic E-state index is 12.6. The van der Waals surface area contributed by atoms with E-state index in [2.05, 4.69) is 4.72 Å². The molecule has 7 nitrogen and oxygen atoms in total. The minimum atomic E-state index is -3.43. The normalized spacial score (nSPS) is 33.6. The Morgan fingerprint density at radius 1 is 1.26 bits per heavy atom. The molecule has 3 amide bonds. The molecule has 1 heterocycles. The summed E-state index contributed by atoms with van der Waals surface area (Å²) in [6.07, 6.45) is 3.07. The fraction of sp³-hybridized carbons (Fsp3) is 0.867. The van der Waals surface area contributed by atoms with Gasteiger partial charge in [-0.3, -0.25) is 9.69 Å². The number of rotatable bonds is 4. The lowest BCUT2D eigenvalue weighted by molar-refractivity contribution is -0.139. The highest BCUT2D eigenvalue weighted by atomic mass is 32.2. The van der Waals surface area contributed by atoms with Crippen LogP contribution in [0.4, 0.5) is 4.79 Å². The molecule has 0 bridgehead atoms. The van der Waals surface area contributed by atoms with Crippen molar-refractivity contribution in [3.8, 4) is 0 Å². The number of fused-ring (bicyclic) bond motifs is 1. The molecule has 3 aliphatic rings. The van der Waals surface area contributed by atoms with Crippen LogP contribution in [0, 0.1) is 5.92 Å². The molecule has 0 aromatic heterocycles. The van der Waals surface area contributed by atoms with Gasteiger partial charge in [0.15, 0.2) is 0 Å². The number of hydrogen-bond donors (Lipinski definition) is 1. The summed E-state index contributed by atoms with van der Waals surface area (Å²) in [4.78, 5) is 27.6. The molecule has 1 saturated heterocycles. The number of sulfonamides is 1. The molecule has 3 fully saturated rings. The van der Waals surface area contributed by atoms with E-state index in [0.717, 1.165) is 12.8 Å². The number of amides is 3. The standard InChI is InChI=1S/C15H25N3O4S/c1-4-18-13(19)11-9-10(5-6-12(11)17(3)14(18)20)23(21,22)16-15(2)7-8-15/h10-12,16H,4-9H2,1-3H3. The van der Waals surface area contributed by atoms with Gasteiger partial charge in [0.2, 0.25) is 15.9 Å². The van der Waals surface area contributed by atoms with Crippen LogP contribution in [0.3, 0.4) is 0 Å². The fourth-order valence-corrected chi connectivity index (χ4v) is 5.73. The highest BCUT2D eigenvalue weighted by molar-refractivity contribution is 7.90. The summed E-state index contributed by atoms with van der Waals surface area (Å²) in [5, 5.41) is -0.551. The van der Waals surface area contributed by atoms with Crippen molar-refractivity contribution in [1.29, 1.82) is 0 Å². The van der Waals surface area contributed by atoms with Gasteiger partial charge < -0.3 is 4.90 Å². The van der Waals surface area contributed by atoms with Crippen LogP contribution >= 0.6 is 0 Å². The second-order valence-electron chi connectivity index (χ2n) is 7.29. The average Bonchev–Trinajstić information content (AvgIpc) is 3.21. The Morgan fingerprint density at radius 2 is 1.91 bits per heavy atom. The number of urea groups is 1. The lowest BCUT2D eigenvalue weighted by Crippen LogP contribution is -2.62. The summed E-state index contributed by atoms with van der Waals surface area (Å²) in [5.74, 6) is -0.641. The zero-order valence-corrected chi connectivity index (χ0v) is 14.7. The highest BCUT2D eigenvalue weighted by Crippen LogP contribution is 2.39. The van der Waals surface area contributed by atoms with Crippen molar-refractivity contribution < 1.29 is 18.0 Å². The van der Waals surface area contributed by atoms with Crippen LogP contribution in [0.2, 0.25) is 0 Å². The van der Waals surface area contributed by atoms with Crippen molar-refractivity contribution in [2.45, 2.75) is 62.8 Å². The maximum Gasteiger partial charge on any atom is 0.326 e. The van der Waals surface area contributed by atoms with Gasteiger partial charge in [-0.2, -0.15) is 0 Å². The van der Waals surface area contributed by atoms with Gasteiger partial charge in [0.1, 0.15) is 0 Å².